The zero-order valence-corrected chi connectivity index (χ0v) is 7.89. The number of esters is 1. The van der Waals surface area contributed by atoms with E-state index in [0.717, 1.165) is 6.42 Å². The molecule has 0 atom stereocenters. The summed E-state index contributed by atoms with van der Waals surface area (Å²) in [6.07, 6.45) is 3.68. The number of rotatable bonds is 2. The summed E-state index contributed by atoms with van der Waals surface area (Å²) < 4.78 is 17.9. The molecule has 0 radical (unpaired) electrons. The summed E-state index contributed by atoms with van der Waals surface area (Å²) in [5.41, 5.74) is 0.800. The lowest BCUT2D eigenvalue weighted by atomic mass is 9.96. The second kappa shape index (κ2) is 4.21. The minimum Gasteiger partial charge on any atom is -0.465 e. The van der Waals surface area contributed by atoms with Crippen LogP contribution in [0.2, 0.25) is 0 Å². The summed E-state index contributed by atoms with van der Waals surface area (Å²) in [4.78, 5) is 11.1. The van der Waals surface area contributed by atoms with Gasteiger partial charge in [0.1, 0.15) is 5.83 Å². The second-order valence-corrected chi connectivity index (χ2v) is 2.92. The third kappa shape index (κ3) is 1.97. The van der Waals surface area contributed by atoms with Crippen molar-refractivity contribution in [3.8, 4) is 0 Å². The Labute approximate surface area is 77.1 Å². The minimum absolute atomic E-state index is 0.0885. The molecule has 0 unspecified atom stereocenters. The number of halogens is 1. The molecule has 13 heavy (non-hydrogen) atoms. The fourth-order valence-electron chi connectivity index (χ4n) is 1.40. The van der Waals surface area contributed by atoms with Crippen LogP contribution in [0.3, 0.4) is 0 Å². The van der Waals surface area contributed by atoms with Crippen molar-refractivity contribution in [2.75, 3.05) is 7.11 Å². The molecule has 0 saturated carbocycles. The van der Waals surface area contributed by atoms with E-state index < -0.39 is 5.97 Å². The normalized spacial score (nSPS) is 17.0. The highest BCUT2D eigenvalue weighted by Crippen LogP contribution is 2.28. The standard InChI is InChI=1S/C10H13FO2/c1-3-7-5-4-6-8(9(7)11)10(12)13-2/h6H,3-5H2,1-2H3. The van der Waals surface area contributed by atoms with Crippen LogP contribution < -0.4 is 0 Å². The molecule has 0 bridgehead atoms. The number of methoxy groups -OCH3 is 1. The number of allylic oxidation sites excluding steroid dienone is 2. The molecule has 2 nitrogen and oxygen atoms in total. The van der Waals surface area contributed by atoms with Gasteiger partial charge in [0.05, 0.1) is 12.7 Å². The van der Waals surface area contributed by atoms with Crippen molar-refractivity contribution in [3.05, 3.63) is 23.0 Å². The first-order valence-corrected chi connectivity index (χ1v) is 4.37. The maximum atomic E-state index is 13.5. The van der Waals surface area contributed by atoms with Gasteiger partial charge in [0.15, 0.2) is 0 Å². The summed E-state index contributed by atoms with van der Waals surface area (Å²) in [5.74, 6) is -0.969. The largest absolute Gasteiger partial charge is 0.465 e. The maximum Gasteiger partial charge on any atom is 0.340 e. The molecule has 3 heteroatoms. The molecule has 0 fully saturated rings. The van der Waals surface area contributed by atoms with Gasteiger partial charge in [-0.25, -0.2) is 9.18 Å². The van der Waals surface area contributed by atoms with E-state index in [1.807, 2.05) is 6.92 Å². The van der Waals surface area contributed by atoms with Crippen LogP contribution in [0.5, 0.6) is 0 Å². The Morgan fingerprint density at radius 3 is 2.92 bits per heavy atom. The summed E-state index contributed by atoms with van der Waals surface area (Å²) >= 11 is 0. The molecule has 72 valence electrons. The summed E-state index contributed by atoms with van der Waals surface area (Å²) in [6.45, 7) is 1.88. The average Bonchev–Trinajstić information content (AvgIpc) is 2.17. The average molecular weight is 184 g/mol. The van der Waals surface area contributed by atoms with Crippen molar-refractivity contribution in [3.63, 3.8) is 0 Å². The molecule has 0 N–H and O–H groups in total. The molecule has 0 saturated heterocycles. The zero-order chi connectivity index (χ0) is 9.84. The van der Waals surface area contributed by atoms with Gasteiger partial charge < -0.3 is 4.74 Å². The topological polar surface area (TPSA) is 26.3 Å². The van der Waals surface area contributed by atoms with Gasteiger partial charge in [0.25, 0.3) is 0 Å². The van der Waals surface area contributed by atoms with Gasteiger partial charge in [-0.15, -0.1) is 0 Å². The summed E-state index contributed by atoms with van der Waals surface area (Å²) in [5, 5.41) is 0. The number of ether oxygens (including phenoxy) is 1. The molecule has 0 aliphatic heterocycles. The van der Waals surface area contributed by atoms with Gasteiger partial charge in [-0.1, -0.05) is 13.0 Å². The van der Waals surface area contributed by atoms with Gasteiger partial charge in [-0.05, 0) is 24.8 Å². The fraction of sp³-hybridized carbons (Fsp3) is 0.500. The van der Waals surface area contributed by atoms with Crippen LogP contribution in [-0.4, -0.2) is 13.1 Å². The van der Waals surface area contributed by atoms with E-state index in [1.165, 1.54) is 7.11 Å². The first-order valence-electron chi connectivity index (χ1n) is 4.37. The molecule has 0 amide bonds. The van der Waals surface area contributed by atoms with E-state index in [9.17, 15) is 9.18 Å². The van der Waals surface area contributed by atoms with E-state index in [-0.39, 0.29) is 11.4 Å². The summed E-state index contributed by atoms with van der Waals surface area (Å²) in [6, 6.07) is 0. The van der Waals surface area contributed by atoms with Gasteiger partial charge in [0.2, 0.25) is 0 Å². The van der Waals surface area contributed by atoms with Gasteiger partial charge in [-0.3, -0.25) is 0 Å². The van der Waals surface area contributed by atoms with Gasteiger partial charge in [0, 0.05) is 0 Å². The Morgan fingerprint density at radius 2 is 2.38 bits per heavy atom. The molecular weight excluding hydrogens is 171 g/mol. The number of carbonyl (C=O) groups excluding carboxylic acids is 1. The fourth-order valence-corrected chi connectivity index (χ4v) is 1.40. The molecule has 1 aliphatic rings. The number of hydrogen-bond acceptors (Lipinski definition) is 2. The quantitative estimate of drug-likeness (QED) is 0.616. The van der Waals surface area contributed by atoms with Crippen LogP contribution in [0.15, 0.2) is 23.0 Å². The highest BCUT2D eigenvalue weighted by atomic mass is 19.1. The van der Waals surface area contributed by atoms with Crippen molar-refractivity contribution in [1.82, 2.24) is 0 Å². The van der Waals surface area contributed by atoms with E-state index in [1.54, 1.807) is 6.08 Å². The van der Waals surface area contributed by atoms with Crippen LogP contribution in [0, 0.1) is 0 Å². The van der Waals surface area contributed by atoms with Crippen molar-refractivity contribution in [2.45, 2.75) is 26.2 Å². The second-order valence-electron chi connectivity index (χ2n) is 2.92. The zero-order valence-electron chi connectivity index (χ0n) is 7.89. The van der Waals surface area contributed by atoms with Crippen LogP contribution in [0.1, 0.15) is 26.2 Å². The maximum absolute atomic E-state index is 13.5. The third-order valence-corrected chi connectivity index (χ3v) is 2.17. The Hall–Kier alpha value is -1.12. The molecule has 0 aromatic rings. The molecule has 1 aliphatic carbocycles. The van der Waals surface area contributed by atoms with E-state index in [4.69, 9.17) is 0 Å². The van der Waals surface area contributed by atoms with E-state index in [2.05, 4.69) is 4.74 Å². The third-order valence-electron chi connectivity index (χ3n) is 2.17. The molecule has 1 rings (SSSR count). The van der Waals surface area contributed by atoms with Crippen molar-refractivity contribution in [1.29, 1.82) is 0 Å². The molecular formula is C10H13FO2. The van der Waals surface area contributed by atoms with Crippen molar-refractivity contribution < 1.29 is 13.9 Å². The van der Waals surface area contributed by atoms with Crippen molar-refractivity contribution >= 4 is 5.97 Å². The molecule has 0 spiro atoms. The van der Waals surface area contributed by atoms with Crippen molar-refractivity contribution in [2.24, 2.45) is 0 Å². The molecule has 0 heterocycles. The van der Waals surface area contributed by atoms with Gasteiger partial charge in [-0.2, -0.15) is 0 Å². The Morgan fingerprint density at radius 1 is 1.69 bits per heavy atom. The predicted molar refractivity (Wildman–Crippen MR) is 47.8 cm³/mol. The lowest BCUT2D eigenvalue weighted by Crippen LogP contribution is -2.09. The van der Waals surface area contributed by atoms with Crippen LogP contribution in [0.25, 0.3) is 0 Å². The Bertz CT molecular complexity index is 277. The Balaban J connectivity index is 2.93. The lowest BCUT2D eigenvalue weighted by molar-refractivity contribution is -0.136. The van der Waals surface area contributed by atoms with Gasteiger partial charge >= 0.3 is 5.97 Å². The number of carbonyl (C=O) groups is 1. The first-order chi connectivity index (χ1) is 6.20. The predicted octanol–water partition coefficient (Wildman–Crippen LogP) is 2.51. The smallest absolute Gasteiger partial charge is 0.340 e. The highest BCUT2D eigenvalue weighted by molar-refractivity contribution is 5.93. The molecule has 0 aromatic heterocycles. The summed E-state index contributed by atoms with van der Waals surface area (Å²) in [7, 11) is 1.26. The minimum atomic E-state index is -0.580. The Kier molecular flexibility index (Phi) is 3.23. The van der Waals surface area contributed by atoms with E-state index in [0.29, 0.717) is 18.4 Å². The monoisotopic (exact) mass is 184 g/mol. The van der Waals surface area contributed by atoms with Crippen LogP contribution >= 0.6 is 0 Å². The van der Waals surface area contributed by atoms with Crippen LogP contribution in [-0.2, 0) is 9.53 Å². The highest BCUT2D eigenvalue weighted by Gasteiger charge is 2.21. The molecule has 0 aromatic carbocycles. The lowest BCUT2D eigenvalue weighted by Gasteiger charge is -2.13. The first kappa shape index (κ1) is 9.96. The van der Waals surface area contributed by atoms with E-state index >= 15 is 0 Å². The number of hydrogen-bond donors (Lipinski definition) is 0. The van der Waals surface area contributed by atoms with Crippen LogP contribution in [0.4, 0.5) is 4.39 Å². The SMILES string of the molecule is CCC1=C(F)C(C(=O)OC)=CCC1.